The van der Waals surface area contributed by atoms with Gasteiger partial charge in [0.15, 0.2) is 0 Å². The Hall–Kier alpha value is -4.53. The second-order valence-electron chi connectivity index (χ2n) is 35.4. The van der Waals surface area contributed by atoms with E-state index in [4.69, 9.17) is 58.0 Å². The van der Waals surface area contributed by atoms with Crippen molar-refractivity contribution in [2.45, 2.75) is 266 Å². The summed E-state index contributed by atoms with van der Waals surface area (Å²) in [6, 6.07) is 17.0. The predicted octanol–water partition coefficient (Wildman–Crippen LogP) is 26.4. The van der Waals surface area contributed by atoms with E-state index in [2.05, 4.69) is 258 Å². The minimum absolute atomic E-state index is 0.221. The van der Waals surface area contributed by atoms with Crippen molar-refractivity contribution >= 4 is 80.7 Å². The van der Waals surface area contributed by atoms with Crippen LogP contribution in [0.3, 0.4) is 0 Å². The van der Waals surface area contributed by atoms with Crippen LogP contribution in [-0.4, -0.2) is 44.9 Å². The summed E-state index contributed by atoms with van der Waals surface area (Å²) in [5, 5.41) is 3.62. The lowest BCUT2D eigenvalue weighted by Crippen LogP contribution is -2.11. The standard InChI is InChI=1S/2C11H16ClN.C11H16FN.C11H17N.C10H13Cl2N.C10H17NS.C9H13ClN2.C9H15NS/c1-8-5-10(12)13-7-9(8)6-11(2,3)4;2*1-8-9(7-11(2,3)4)5-6-10(12)13-8;1-9-10(6-5-7-12-9)8-11(2,3)4;1-10(2,3)6-7-4-5-8(11)13-9(7)12;1-7-9(6-10(3,4)5)12-8(2)11-7;1-9(2,3)4-7-5-11-8(10)12-6-7;1-7-8(11-6-10-7)5-9(2,3)4/h5,7H,6H2,1-4H3;2*5-6H,7H2,1-4H3;5-7H,8H2,1-4H3;4-5H,6H2,1-3H3;6H2,1-5H3;5-6H,4H2,1-3H3;6H,5H2,1-4H3. The molecule has 0 radical (unpaired) electrons. The number of pyridine rings is 5. The van der Waals surface area contributed by atoms with Crippen molar-refractivity contribution in [1.82, 2.24) is 44.9 Å². The Morgan fingerprint density at radius 2 is 0.768 bits per heavy atom. The summed E-state index contributed by atoms with van der Waals surface area (Å²) < 4.78 is 12.7. The van der Waals surface area contributed by atoms with Crippen LogP contribution in [0.15, 0.2) is 84.9 Å². The smallest absolute Gasteiger partial charge is 0.222 e. The van der Waals surface area contributed by atoms with E-state index in [0.717, 1.165) is 85.1 Å². The normalized spacial score (nSPS) is 11.8. The molecule has 0 bridgehead atoms. The molecule has 0 N–H and O–H groups in total. The van der Waals surface area contributed by atoms with Gasteiger partial charge in [0.2, 0.25) is 11.2 Å². The second-order valence-corrected chi connectivity index (χ2v) is 39.5. The molecule has 0 saturated heterocycles. The summed E-state index contributed by atoms with van der Waals surface area (Å²) in [5.74, 6) is -0.393. The second kappa shape index (κ2) is 41.1. The number of halogens is 6. The fourth-order valence-corrected chi connectivity index (χ4v) is 12.8. The molecule has 8 aromatic rings. The first-order chi connectivity index (χ1) is 44.9. The molecule has 0 aliphatic heterocycles. The van der Waals surface area contributed by atoms with E-state index in [1.165, 1.54) is 54.5 Å². The van der Waals surface area contributed by atoms with Crippen molar-refractivity contribution in [3.8, 4) is 0 Å². The number of thiazole rings is 2. The summed E-state index contributed by atoms with van der Waals surface area (Å²) in [6.07, 6.45) is 15.6. The first kappa shape index (κ1) is 92.5. The van der Waals surface area contributed by atoms with E-state index in [9.17, 15) is 4.39 Å². The number of nitrogens with zero attached hydrogens (tertiary/aromatic N) is 9. The van der Waals surface area contributed by atoms with Crippen LogP contribution in [0.2, 0.25) is 25.9 Å². The zero-order chi connectivity index (χ0) is 76.5. The largest absolute Gasteiger partial charge is 0.261 e. The first-order valence-electron chi connectivity index (χ1n) is 34.2. The average molecular weight is 1500 g/mol. The zero-order valence-electron chi connectivity index (χ0n) is 66.3. The van der Waals surface area contributed by atoms with Crippen molar-refractivity contribution in [3.05, 3.63) is 199 Å². The fraction of sp³-hybridized carbons (Fsp3) is 0.573. The van der Waals surface area contributed by atoms with Gasteiger partial charge in [-0.3, -0.25) is 4.98 Å². The van der Waals surface area contributed by atoms with E-state index in [1.807, 2.05) is 73.4 Å². The van der Waals surface area contributed by atoms with E-state index in [0.29, 0.717) is 53.0 Å². The van der Waals surface area contributed by atoms with E-state index in [-0.39, 0.29) is 16.2 Å². The van der Waals surface area contributed by atoms with Gasteiger partial charge in [-0.25, -0.2) is 39.9 Å². The number of aryl methyl sites for hydroxylation is 7. The first-order valence-corrected chi connectivity index (χ1v) is 37.8. The molecule has 9 nitrogen and oxygen atoms in total. The van der Waals surface area contributed by atoms with Gasteiger partial charge in [-0.1, -0.05) is 237 Å². The molecule has 99 heavy (non-hydrogen) atoms. The summed E-state index contributed by atoms with van der Waals surface area (Å²) in [4.78, 5) is 39.7. The third kappa shape index (κ3) is 45.9. The molecule has 0 unspecified atom stereocenters. The minimum Gasteiger partial charge on any atom is -0.261 e. The van der Waals surface area contributed by atoms with Gasteiger partial charge >= 0.3 is 0 Å². The molecule has 0 fully saturated rings. The molecule has 0 amide bonds. The summed E-state index contributed by atoms with van der Waals surface area (Å²) in [6.45, 7) is 67.4. The molecule has 0 aliphatic rings. The number of hydrogen-bond donors (Lipinski definition) is 0. The van der Waals surface area contributed by atoms with Crippen LogP contribution in [0.5, 0.6) is 0 Å². The Kier molecular flexibility index (Phi) is 38.4. The minimum atomic E-state index is -0.393. The van der Waals surface area contributed by atoms with Crippen LogP contribution in [0.4, 0.5) is 4.39 Å². The van der Waals surface area contributed by atoms with Crippen LogP contribution in [0.25, 0.3) is 0 Å². The van der Waals surface area contributed by atoms with Gasteiger partial charge in [0.25, 0.3) is 0 Å². The van der Waals surface area contributed by atoms with Crippen molar-refractivity contribution in [2.24, 2.45) is 43.3 Å². The van der Waals surface area contributed by atoms with E-state index in [1.54, 1.807) is 29.8 Å². The molecule has 0 spiro atoms. The van der Waals surface area contributed by atoms with E-state index >= 15 is 0 Å². The molecule has 8 heterocycles. The Bertz CT molecular complexity index is 3400. The molecule has 8 rings (SSSR count). The Morgan fingerprint density at radius 1 is 0.354 bits per heavy atom. The van der Waals surface area contributed by atoms with Gasteiger partial charge in [0.1, 0.15) is 20.6 Å². The quantitative estimate of drug-likeness (QED) is 0.108. The number of hydrogen-bond acceptors (Lipinski definition) is 11. The number of rotatable bonds is 8. The van der Waals surface area contributed by atoms with Crippen LogP contribution in [0.1, 0.15) is 248 Å². The van der Waals surface area contributed by atoms with Gasteiger partial charge in [0.05, 0.1) is 21.9 Å². The topological polar surface area (TPSA) is 116 Å². The highest BCUT2D eigenvalue weighted by Gasteiger charge is 2.20. The van der Waals surface area contributed by atoms with Crippen molar-refractivity contribution in [2.75, 3.05) is 0 Å². The highest BCUT2D eigenvalue weighted by molar-refractivity contribution is 7.11. The molecule has 0 atom stereocenters. The maximum Gasteiger partial charge on any atom is 0.222 e. The van der Waals surface area contributed by atoms with Gasteiger partial charge in [-0.2, -0.15) is 4.39 Å². The molecule has 550 valence electrons. The predicted molar refractivity (Wildman–Crippen MR) is 431 cm³/mol. The molecule has 8 aromatic heterocycles. The molecule has 0 aliphatic carbocycles. The van der Waals surface area contributed by atoms with Crippen LogP contribution >= 0.6 is 80.7 Å². The average Bonchev–Trinajstić information content (AvgIpc) is 1.23. The van der Waals surface area contributed by atoms with Gasteiger partial charge < -0.3 is 0 Å². The van der Waals surface area contributed by atoms with Crippen LogP contribution < -0.4 is 0 Å². The molecular weight excluding hydrogens is 1370 g/mol. The molecular formula is C82H123Cl5FN9S2. The van der Waals surface area contributed by atoms with Crippen LogP contribution in [0, 0.1) is 97.7 Å². The third-order valence-corrected chi connectivity index (χ3v) is 16.9. The molecule has 0 aromatic carbocycles. The summed E-state index contributed by atoms with van der Waals surface area (Å²) in [5.41, 5.74) is 18.3. The lowest BCUT2D eigenvalue weighted by Gasteiger charge is -2.19. The van der Waals surface area contributed by atoms with Gasteiger partial charge in [0, 0.05) is 51.6 Å². The Balaban J connectivity index is 0.000000566. The van der Waals surface area contributed by atoms with E-state index < -0.39 is 5.95 Å². The summed E-state index contributed by atoms with van der Waals surface area (Å²) >= 11 is 32.3. The molecule has 17 heteroatoms. The maximum absolute atomic E-state index is 12.7. The summed E-state index contributed by atoms with van der Waals surface area (Å²) in [7, 11) is 0. The van der Waals surface area contributed by atoms with Crippen molar-refractivity contribution < 1.29 is 4.39 Å². The highest BCUT2D eigenvalue weighted by Crippen LogP contribution is 2.31. The molecule has 0 saturated carbocycles. The monoisotopic (exact) mass is 1490 g/mol. The zero-order valence-corrected chi connectivity index (χ0v) is 71.8. The Labute approximate surface area is 633 Å². The lowest BCUT2D eigenvalue weighted by molar-refractivity contribution is 0.408. The Morgan fingerprint density at radius 3 is 1.16 bits per heavy atom. The van der Waals surface area contributed by atoms with Crippen LogP contribution in [-0.2, 0) is 51.4 Å². The van der Waals surface area contributed by atoms with Gasteiger partial charge in [-0.05, 0) is 224 Å². The van der Waals surface area contributed by atoms with Gasteiger partial charge in [-0.15, -0.1) is 22.7 Å². The van der Waals surface area contributed by atoms with Crippen molar-refractivity contribution in [3.63, 3.8) is 0 Å². The van der Waals surface area contributed by atoms with Crippen molar-refractivity contribution in [1.29, 1.82) is 0 Å². The fourth-order valence-electron chi connectivity index (χ4n) is 9.60. The maximum atomic E-state index is 12.7. The third-order valence-electron chi connectivity index (χ3n) is 13.8. The lowest BCUT2D eigenvalue weighted by atomic mass is 9.87. The number of aromatic nitrogens is 9. The SMILES string of the molecule is CC(C)(C)Cc1ccc(Cl)nc1Cl.CC(C)(C)Cc1cnc(Cl)nc1.Cc1cc(Cl)ncc1CC(C)(C)C.Cc1nc(C)c(CC(C)(C)C)s1.Cc1nc(Cl)ccc1CC(C)(C)C.Cc1nc(F)ccc1CC(C)(C)C.Cc1ncccc1CC(C)(C)C.Cc1ncsc1CC(C)(C)C. The highest BCUT2D eigenvalue weighted by atomic mass is 35.5.